The zero-order valence-electron chi connectivity index (χ0n) is 22.9. The zero-order chi connectivity index (χ0) is 27.9. The summed E-state index contributed by atoms with van der Waals surface area (Å²) in [5.41, 5.74) is 8.26. The van der Waals surface area contributed by atoms with Gasteiger partial charge in [0, 0.05) is 37.1 Å². The number of para-hydroxylation sites is 1. The van der Waals surface area contributed by atoms with Gasteiger partial charge in [-0.25, -0.2) is 0 Å². The summed E-state index contributed by atoms with van der Waals surface area (Å²) in [4.78, 5) is 2.40. The van der Waals surface area contributed by atoms with Gasteiger partial charge in [0.1, 0.15) is 0 Å². The average molecular weight is 554 g/mol. The summed E-state index contributed by atoms with van der Waals surface area (Å²) in [6, 6.07) is 59.2. The molecule has 0 saturated carbocycles. The fraction of sp³-hybridized carbons (Fsp3) is 0. The standard InChI is InChI=1S/C40H27NS/c1-3-11-28(12-4-1)29-19-21-33(22-20-29)41(38-18-10-9-17-35(38)30-13-5-2-6-14-30)34-23-24-39-37(27-34)36-25-31-15-7-8-16-32(31)26-40(36)42-39/h1-27H. The Hall–Kier alpha value is -5.18. The Morgan fingerprint density at radius 3 is 1.71 bits per heavy atom. The summed E-state index contributed by atoms with van der Waals surface area (Å²) in [5, 5.41) is 5.17. The molecule has 0 amide bonds. The van der Waals surface area contributed by atoms with Crippen LogP contribution in [0.4, 0.5) is 17.1 Å². The van der Waals surface area contributed by atoms with E-state index in [-0.39, 0.29) is 0 Å². The Balaban J connectivity index is 1.34. The van der Waals surface area contributed by atoms with Gasteiger partial charge in [0.2, 0.25) is 0 Å². The van der Waals surface area contributed by atoms with Gasteiger partial charge in [0.15, 0.2) is 0 Å². The summed E-state index contributed by atoms with van der Waals surface area (Å²) in [6.45, 7) is 0. The Bertz CT molecular complexity index is 2180. The maximum absolute atomic E-state index is 2.40. The molecule has 42 heavy (non-hydrogen) atoms. The average Bonchev–Trinajstić information content (AvgIpc) is 3.42. The van der Waals surface area contributed by atoms with Crippen LogP contribution in [0.5, 0.6) is 0 Å². The van der Waals surface area contributed by atoms with Crippen molar-refractivity contribution in [2.45, 2.75) is 0 Å². The van der Waals surface area contributed by atoms with Crippen molar-refractivity contribution in [2.75, 3.05) is 4.90 Å². The van der Waals surface area contributed by atoms with Crippen molar-refractivity contribution >= 4 is 59.3 Å². The summed E-state index contributed by atoms with van der Waals surface area (Å²) in [5.74, 6) is 0. The van der Waals surface area contributed by atoms with E-state index in [9.17, 15) is 0 Å². The number of benzene rings is 7. The van der Waals surface area contributed by atoms with Gasteiger partial charge in [-0.05, 0) is 76.0 Å². The minimum absolute atomic E-state index is 1.13. The lowest BCUT2D eigenvalue weighted by atomic mass is 10.0. The third-order valence-electron chi connectivity index (χ3n) is 8.04. The molecule has 198 valence electrons. The zero-order valence-corrected chi connectivity index (χ0v) is 23.8. The van der Waals surface area contributed by atoms with Crippen molar-refractivity contribution in [1.29, 1.82) is 0 Å². The molecule has 0 bridgehead atoms. The Morgan fingerprint density at radius 2 is 0.952 bits per heavy atom. The molecule has 0 aliphatic carbocycles. The molecule has 8 rings (SSSR count). The second-order valence-corrected chi connectivity index (χ2v) is 11.7. The minimum atomic E-state index is 1.13. The highest BCUT2D eigenvalue weighted by Gasteiger charge is 2.18. The molecule has 0 saturated heterocycles. The fourth-order valence-electron chi connectivity index (χ4n) is 5.98. The van der Waals surface area contributed by atoms with E-state index in [2.05, 4.69) is 169 Å². The normalized spacial score (nSPS) is 11.3. The van der Waals surface area contributed by atoms with Crippen LogP contribution in [0, 0.1) is 0 Å². The summed E-state index contributed by atoms with van der Waals surface area (Å²) >= 11 is 1.87. The molecule has 8 aromatic rings. The topological polar surface area (TPSA) is 3.24 Å². The van der Waals surface area contributed by atoms with Gasteiger partial charge < -0.3 is 4.90 Å². The van der Waals surface area contributed by atoms with E-state index < -0.39 is 0 Å². The molecule has 2 heteroatoms. The van der Waals surface area contributed by atoms with Gasteiger partial charge >= 0.3 is 0 Å². The molecular weight excluding hydrogens is 527 g/mol. The third-order valence-corrected chi connectivity index (χ3v) is 9.18. The molecule has 1 aromatic heterocycles. The van der Waals surface area contributed by atoms with Gasteiger partial charge in [-0.1, -0.05) is 115 Å². The van der Waals surface area contributed by atoms with Crippen molar-refractivity contribution < 1.29 is 0 Å². The maximum Gasteiger partial charge on any atom is 0.0540 e. The Kier molecular flexibility index (Phi) is 6.05. The van der Waals surface area contributed by atoms with E-state index in [0.29, 0.717) is 0 Å². The van der Waals surface area contributed by atoms with Crippen molar-refractivity contribution in [2.24, 2.45) is 0 Å². The first-order chi connectivity index (χ1) is 20.8. The van der Waals surface area contributed by atoms with E-state index in [1.807, 2.05) is 11.3 Å². The van der Waals surface area contributed by atoms with Crippen LogP contribution in [0.15, 0.2) is 164 Å². The lowest BCUT2D eigenvalue weighted by Crippen LogP contribution is -2.11. The quantitative estimate of drug-likeness (QED) is 0.205. The van der Waals surface area contributed by atoms with Crippen LogP contribution < -0.4 is 4.90 Å². The van der Waals surface area contributed by atoms with Gasteiger partial charge in [0.05, 0.1) is 5.69 Å². The molecule has 0 fully saturated rings. The highest BCUT2D eigenvalue weighted by molar-refractivity contribution is 7.25. The highest BCUT2D eigenvalue weighted by atomic mass is 32.1. The number of nitrogens with zero attached hydrogens (tertiary/aromatic N) is 1. The van der Waals surface area contributed by atoms with E-state index in [1.165, 1.54) is 53.2 Å². The van der Waals surface area contributed by atoms with Crippen LogP contribution in [0.25, 0.3) is 53.2 Å². The Labute approximate surface area is 249 Å². The molecule has 1 nitrogen and oxygen atoms in total. The lowest BCUT2D eigenvalue weighted by molar-refractivity contribution is 1.29. The smallest absolute Gasteiger partial charge is 0.0540 e. The number of hydrogen-bond donors (Lipinski definition) is 0. The number of rotatable bonds is 5. The van der Waals surface area contributed by atoms with Crippen LogP contribution in [0.2, 0.25) is 0 Å². The molecule has 0 aliphatic heterocycles. The van der Waals surface area contributed by atoms with Gasteiger partial charge in [-0.2, -0.15) is 0 Å². The van der Waals surface area contributed by atoms with Crippen LogP contribution in [0.3, 0.4) is 0 Å². The van der Waals surface area contributed by atoms with Crippen LogP contribution >= 0.6 is 11.3 Å². The van der Waals surface area contributed by atoms with Gasteiger partial charge in [-0.15, -0.1) is 11.3 Å². The first-order valence-electron chi connectivity index (χ1n) is 14.3. The second kappa shape index (κ2) is 10.3. The van der Waals surface area contributed by atoms with E-state index in [0.717, 1.165) is 17.1 Å². The van der Waals surface area contributed by atoms with Crippen LogP contribution in [-0.2, 0) is 0 Å². The molecule has 7 aromatic carbocycles. The molecule has 0 unspecified atom stereocenters. The SMILES string of the molecule is c1ccc(-c2ccc(N(c3ccc4sc5cc6ccccc6cc5c4c3)c3ccccc3-c3ccccc3)cc2)cc1. The third kappa shape index (κ3) is 4.34. The number of fused-ring (bicyclic) bond motifs is 4. The molecule has 0 N–H and O–H groups in total. The Morgan fingerprint density at radius 1 is 0.381 bits per heavy atom. The fourth-order valence-corrected chi connectivity index (χ4v) is 7.10. The largest absolute Gasteiger partial charge is 0.310 e. The van der Waals surface area contributed by atoms with Gasteiger partial charge in [-0.3, -0.25) is 0 Å². The van der Waals surface area contributed by atoms with Crippen molar-refractivity contribution in [3.63, 3.8) is 0 Å². The molecule has 0 atom stereocenters. The van der Waals surface area contributed by atoms with Crippen LogP contribution in [-0.4, -0.2) is 0 Å². The predicted octanol–water partition coefficient (Wildman–Crippen LogP) is 12.0. The molecule has 0 radical (unpaired) electrons. The summed E-state index contributed by atoms with van der Waals surface area (Å²) in [6.07, 6.45) is 0. The monoisotopic (exact) mass is 553 g/mol. The van der Waals surface area contributed by atoms with Crippen molar-refractivity contribution in [3.8, 4) is 22.3 Å². The maximum atomic E-state index is 2.40. The van der Waals surface area contributed by atoms with E-state index in [4.69, 9.17) is 0 Å². The number of anilines is 3. The summed E-state index contributed by atoms with van der Waals surface area (Å²) < 4.78 is 2.63. The second-order valence-electron chi connectivity index (χ2n) is 10.6. The molecule has 0 aliphatic rings. The highest BCUT2D eigenvalue weighted by Crippen LogP contribution is 2.44. The van der Waals surface area contributed by atoms with E-state index >= 15 is 0 Å². The molecule has 0 spiro atoms. The predicted molar refractivity (Wildman–Crippen MR) is 182 cm³/mol. The van der Waals surface area contributed by atoms with Crippen LogP contribution in [0.1, 0.15) is 0 Å². The number of thiophene rings is 1. The first-order valence-corrected chi connectivity index (χ1v) is 15.1. The van der Waals surface area contributed by atoms with E-state index in [1.54, 1.807) is 0 Å². The first kappa shape index (κ1) is 24.6. The van der Waals surface area contributed by atoms with Crippen molar-refractivity contribution in [3.05, 3.63) is 164 Å². The summed E-state index contributed by atoms with van der Waals surface area (Å²) in [7, 11) is 0. The number of hydrogen-bond acceptors (Lipinski definition) is 2. The minimum Gasteiger partial charge on any atom is -0.310 e. The van der Waals surface area contributed by atoms with Crippen molar-refractivity contribution in [1.82, 2.24) is 0 Å². The van der Waals surface area contributed by atoms with Gasteiger partial charge in [0.25, 0.3) is 0 Å². The molecular formula is C40H27NS. The molecule has 1 heterocycles. The lowest BCUT2D eigenvalue weighted by Gasteiger charge is -2.28.